The Morgan fingerprint density at radius 2 is 1.88 bits per heavy atom. The Bertz CT molecular complexity index is 933. The predicted molar refractivity (Wildman–Crippen MR) is 121 cm³/mol. The van der Waals surface area contributed by atoms with Crippen LogP contribution < -0.4 is 10.0 Å². The number of imide groups is 2. The molecule has 2 fully saturated rings. The molecule has 1 heterocycles. The molecule has 182 valence electrons. The van der Waals surface area contributed by atoms with Crippen LogP contribution in [0.2, 0.25) is 0 Å². The topological polar surface area (TPSA) is 102 Å². The van der Waals surface area contributed by atoms with E-state index < -0.39 is 70.4 Å². The zero-order valence-corrected chi connectivity index (χ0v) is 20.3. The predicted octanol–water partition coefficient (Wildman–Crippen LogP) is 3.63. The van der Waals surface area contributed by atoms with Crippen molar-refractivity contribution in [3.05, 3.63) is 35.1 Å². The summed E-state index contributed by atoms with van der Waals surface area (Å²) in [6.45, 7) is 8.30. The first-order valence-corrected chi connectivity index (χ1v) is 12.3. The number of carbonyl (C=O) groups excluding carboxylic acids is 3. The van der Waals surface area contributed by atoms with Gasteiger partial charge in [-0.05, 0) is 65.0 Å². The van der Waals surface area contributed by atoms with Crippen LogP contribution in [0, 0.1) is 11.7 Å². The molecule has 0 spiro atoms. The van der Waals surface area contributed by atoms with Crippen LogP contribution in [0.3, 0.4) is 0 Å². The van der Waals surface area contributed by atoms with E-state index in [1.165, 1.54) is 6.07 Å². The highest BCUT2D eigenvalue weighted by molar-refractivity contribution is 7.90. The SMILES string of the molecule is CC(C)N1C(=O)NC(=O)[C@@H](C[C@@H](F)[C@@H](N[S+]([O-])C(C)(C)C)c2cc(C3CC3)ccc2F)C1=O. The van der Waals surface area contributed by atoms with E-state index in [0.717, 1.165) is 23.3 Å². The lowest BCUT2D eigenvalue weighted by Gasteiger charge is -2.34. The lowest BCUT2D eigenvalue weighted by Crippen LogP contribution is -2.60. The molecule has 1 aliphatic carbocycles. The molecule has 2 aliphatic rings. The zero-order valence-electron chi connectivity index (χ0n) is 19.5. The summed E-state index contributed by atoms with van der Waals surface area (Å²) in [6, 6.07) is 1.77. The number of urea groups is 1. The maximum absolute atomic E-state index is 15.8. The number of rotatable bonds is 8. The van der Waals surface area contributed by atoms with E-state index in [2.05, 4.69) is 10.0 Å². The molecule has 33 heavy (non-hydrogen) atoms. The molecule has 0 radical (unpaired) electrons. The van der Waals surface area contributed by atoms with Gasteiger partial charge in [0.15, 0.2) is 0 Å². The number of nitrogens with one attached hydrogen (secondary N) is 2. The summed E-state index contributed by atoms with van der Waals surface area (Å²) in [5, 5.41) is 2.09. The molecule has 3 rings (SSSR count). The monoisotopic (exact) mass is 483 g/mol. The van der Waals surface area contributed by atoms with Gasteiger partial charge in [0, 0.05) is 29.4 Å². The van der Waals surface area contributed by atoms with Gasteiger partial charge in [-0.3, -0.25) is 19.8 Å². The fourth-order valence-corrected chi connectivity index (χ4v) is 4.65. The minimum atomic E-state index is -1.93. The second-order valence-electron chi connectivity index (χ2n) is 9.93. The van der Waals surface area contributed by atoms with Gasteiger partial charge in [-0.1, -0.05) is 12.1 Å². The number of amides is 4. The molecule has 10 heteroatoms. The van der Waals surface area contributed by atoms with Gasteiger partial charge in [0.05, 0.1) is 0 Å². The Labute approximate surface area is 196 Å². The van der Waals surface area contributed by atoms with Crippen molar-refractivity contribution < 1.29 is 27.7 Å². The molecular weight excluding hydrogens is 452 g/mol. The maximum Gasteiger partial charge on any atom is 0.331 e. The zero-order chi connectivity index (χ0) is 24.7. The fraction of sp³-hybridized carbons (Fsp3) is 0.609. The van der Waals surface area contributed by atoms with E-state index in [9.17, 15) is 23.3 Å². The summed E-state index contributed by atoms with van der Waals surface area (Å²) in [5.41, 5.74) is 0.875. The standard InChI is InChI=1S/C23H31F2N3O4S/c1-12(2)28-21(30)16(20(29)26-22(28)31)11-18(25)19(27-33(32)23(3,4)5)15-10-14(13-6-7-13)8-9-17(15)24/h8-10,12-13,16,18-19,27H,6-7,11H2,1-5H3,(H,26,29,31)/t16-,18-,19+,33?/m1/s1. The number of hydrogen-bond acceptors (Lipinski definition) is 5. The van der Waals surface area contributed by atoms with Crippen LogP contribution in [0.1, 0.15) is 77.0 Å². The average molecular weight is 484 g/mol. The van der Waals surface area contributed by atoms with Crippen LogP contribution in [0.5, 0.6) is 0 Å². The van der Waals surface area contributed by atoms with Crippen LogP contribution in [-0.2, 0) is 21.0 Å². The average Bonchev–Trinajstić information content (AvgIpc) is 3.53. The van der Waals surface area contributed by atoms with E-state index in [4.69, 9.17) is 0 Å². The van der Waals surface area contributed by atoms with Gasteiger partial charge in [0.1, 0.15) is 28.7 Å². The number of barbiturate groups is 1. The summed E-state index contributed by atoms with van der Waals surface area (Å²) in [7, 11) is 0. The quantitative estimate of drug-likeness (QED) is 0.434. The van der Waals surface area contributed by atoms with Crippen molar-refractivity contribution in [2.24, 2.45) is 5.92 Å². The summed E-state index contributed by atoms with van der Waals surface area (Å²) in [6.07, 6.45) is -0.590. The molecule has 4 amide bonds. The minimum Gasteiger partial charge on any atom is -0.598 e. The van der Waals surface area contributed by atoms with Crippen molar-refractivity contribution in [1.29, 1.82) is 0 Å². The van der Waals surface area contributed by atoms with Crippen molar-refractivity contribution >= 4 is 29.2 Å². The summed E-state index contributed by atoms with van der Waals surface area (Å²) >= 11 is -1.75. The maximum atomic E-state index is 15.8. The first kappa shape index (κ1) is 25.6. The van der Waals surface area contributed by atoms with Crippen molar-refractivity contribution in [3.63, 3.8) is 0 Å². The van der Waals surface area contributed by atoms with Crippen LogP contribution in [0.4, 0.5) is 13.6 Å². The van der Waals surface area contributed by atoms with Crippen LogP contribution in [0.15, 0.2) is 18.2 Å². The third-order valence-electron chi connectivity index (χ3n) is 5.83. The Kier molecular flexibility index (Phi) is 7.50. The highest BCUT2D eigenvalue weighted by Gasteiger charge is 2.45. The molecule has 1 aliphatic heterocycles. The molecule has 1 unspecified atom stereocenters. The molecule has 0 bridgehead atoms. The van der Waals surface area contributed by atoms with E-state index in [0.29, 0.717) is 0 Å². The highest BCUT2D eigenvalue weighted by atomic mass is 32.2. The van der Waals surface area contributed by atoms with Crippen molar-refractivity contribution in [2.75, 3.05) is 0 Å². The number of halogens is 2. The number of alkyl halides is 1. The molecule has 1 aromatic carbocycles. The lowest BCUT2D eigenvalue weighted by molar-refractivity contribution is -0.144. The lowest BCUT2D eigenvalue weighted by atomic mass is 9.90. The smallest absolute Gasteiger partial charge is 0.331 e. The summed E-state index contributed by atoms with van der Waals surface area (Å²) in [5.74, 6) is -3.53. The van der Waals surface area contributed by atoms with Crippen LogP contribution in [-0.4, -0.2) is 44.3 Å². The molecule has 0 aromatic heterocycles. The van der Waals surface area contributed by atoms with Crippen molar-refractivity contribution in [1.82, 2.24) is 14.9 Å². The second-order valence-corrected chi connectivity index (χ2v) is 11.9. The third kappa shape index (κ3) is 5.73. The Morgan fingerprint density at radius 3 is 2.42 bits per heavy atom. The fourth-order valence-electron chi connectivity index (χ4n) is 3.79. The van der Waals surface area contributed by atoms with Crippen molar-refractivity contribution in [2.45, 2.75) is 82.8 Å². The molecule has 4 atom stereocenters. The molecule has 1 aromatic rings. The highest BCUT2D eigenvalue weighted by Crippen LogP contribution is 2.42. The number of nitrogens with zero attached hydrogens (tertiary/aromatic N) is 1. The van der Waals surface area contributed by atoms with Gasteiger partial charge in [-0.25, -0.2) is 13.6 Å². The first-order chi connectivity index (χ1) is 15.3. The van der Waals surface area contributed by atoms with Gasteiger partial charge in [-0.2, -0.15) is 0 Å². The van der Waals surface area contributed by atoms with Gasteiger partial charge in [0.25, 0.3) is 0 Å². The molecular formula is C23H31F2N3O4S. The Morgan fingerprint density at radius 1 is 1.24 bits per heavy atom. The van der Waals surface area contributed by atoms with E-state index in [1.54, 1.807) is 46.8 Å². The molecule has 1 saturated carbocycles. The van der Waals surface area contributed by atoms with Crippen LogP contribution >= 0.6 is 0 Å². The normalized spacial score (nSPS) is 22.4. The van der Waals surface area contributed by atoms with Gasteiger partial charge in [-0.15, -0.1) is 4.72 Å². The minimum absolute atomic E-state index is 0.00459. The number of benzene rings is 1. The van der Waals surface area contributed by atoms with Crippen LogP contribution in [0.25, 0.3) is 0 Å². The van der Waals surface area contributed by atoms with Crippen molar-refractivity contribution in [3.8, 4) is 0 Å². The van der Waals surface area contributed by atoms with E-state index in [1.807, 2.05) is 0 Å². The first-order valence-electron chi connectivity index (χ1n) is 11.1. The Balaban J connectivity index is 1.92. The van der Waals surface area contributed by atoms with E-state index >= 15 is 4.39 Å². The molecule has 7 nitrogen and oxygen atoms in total. The molecule has 2 N–H and O–H groups in total. The van der Waals surface area contributed by atoms with E-state index in [-0.39, 0.29) is 11.5 Å². The summed E-state index contributed by atoms with van der Waals surface area (Å²) in [4.78, 5) is 38.1. The Hall–Kier alpha value is -2.04. The number of hydrogen-bond donors (Lipinski definition) is 2. The molecule has 1 saturated heterocycles. The van der Waals surface area contributed by atoms with Gasteiger partial charge in [0.2, 0.25) is 11.8 Å². The van der Waals surface area contributed by atoms with Gasteiger partial charge >= 0.3 is 6.03 Å². The largest absolute Gasteiger partial charge is 0.598 e. The summed E-state index contributed by atoms with van der Waals surface area (Å²) < 4.78 is 45.4. The van der Waals surface area contributed by atoms with Gasteiger partial charge < -0.3 is 4.55 Å². The second kappa shape index (κ2) is 9.68. The third-order valence-corrected chi connectivity index (χ3v) is 7.41. The number of carbonyl (C=O) groups is 3.